The van der Waals surface area contributed by atoms with E-state index in [1.54, 1.807) is 0 Å². The van der Waals surface area contributed by atoms with E-state index in [0.717, 1.165) is 10.0 Å². The zero-order chi connectivity index (χ0) is 12.2. The largest absolute Gasteiger partial charge is 0.309 e. The van der Waals surface area contributed by atoms with Crippen molar-refractivity contribution in [3.63, 3.8) is 0 Å². The lowest BCUT2D eigenvalue weighted by Crippen LogP contribution is -2.25. The fraction of sp³-hybridized carbons (Fsp3) is 0.455. The van der Waals surface area contributed by atoms with E-state index in [4.69, 9.17) is 0 Å². The summed E-state index contributed by atoms with van der Waals surface area (Å²) in [7, 11) is -2.89. The van der Waals surface area contributed by atoms with Gasteiger partial charge in [-0.3, -0.25) is 0 Å². The minimum Gasteiger partial charge on any atom is -0.309 e. The lowest BCUT2D eigenvalue weighted by atomic mass is 10.1. The second-order valence-corrected chi connectivity index (χ2v) is 6.94. The molecule has 0 fully saturated rings. The topological polar surface area (TPSA) is 46.2 Å². The first-order chi connectivity index (χ1) is 7.40. The first kappa shape index (κ1) is 13.7. The second kappa shape index (κ2) is 5.80. The Hall–Kier alpha value is -0.390. The third-order valence-electron chi connectivity index (χ3n) is 2.30. The molecule has 90 valence electrons. The molecule has 0 radical (unpaired) electrons. The van der Waals surface area contributed by atoms with Crippen LogP contribution in [0.1, 0.15) is 18.5 Å². The minimum absolute atomic E-state index is 0.136. The maximum absolute atomic E-state index is 11.0. The normalized spacial score (nSPS) is 13.7. The third kappa shape index (κ3) is 4.63. The Kier molecular flexibility index (Phi) is 4.95. The van der Waals surface area contributed by atoms with Gasteiger partial charge in [0.2, 0.25) is 0 Å². The number of hydrogen-bond donors (Lipinski definition) is 1. The second-order valence-electron chi connectivity index (χ2n) is 3.83. The summed E-state index contributed by atoms with van der Waals surface area (Å²) in [6.07, 6.45) is 1.25. The van der Waals surface area contributed by atoms with Crippen LogP contribution in [0, 0.1) is 0 Å². The summed E-state index contributed by atoms with van der Waals surface area (Å²) in [6.45, 7) is 2.49. The van der Waals surface area contributed by atoms with Crippen LogP contribution in [-0.2, 0) is 9.84 Å². The van der Waals surface area contributed by atoms with Crippen LogP contribution < -0.4 is 5.32 Å². The molecule has 1 rings (SSSR count). The van der Waals surface area contributed by atoms with Crippen molar-refractivity contribution < 1.29 is 8.42 Å². The molecule has 1 aromatic carbocycles. The SMILES string of the molecule is C[C@H](NCCS(C)(=O)=O)c1ccccc1Br. The molecule has 0 saturated heterocycles. The molecule has 0 spiro atoms. The predicted octanol–water partition coefficient (Wildman–Crippen LogP) is 2.14. The zero-order valence-electron chi connectivity index (χ0n) is 9.40. The van der Waals surface area contributed by atoms with Gasteiger partial charge in [0.1, 0.15) is 9.84 Å². The number of halogens is 1. The Morgan fingerprint density at radius 2 is 2.00 bits per heavy atom. The maximum Gasteiger partial charge on any atom is 0.148 e. The van der Waals surface area contributed by atoms with Crippen LogP contribution in [0.4, 0.5) is 0 Å². The smallest absolute Gasteiger partial charge is 0.148 e. The molecule has 0 aliphatic rings. The van der Waals surface area contributed by atoms with Gasteiger partial charge in [-0.15, -0.1) is 0 Å². The molecule has 1 atom stereocenters. The first-order valence-electron chi connectivity index (χ1n) is 5.05. The van der Waals surface area contributed by atoms with Crippen LogP contribution in [0.3, 0.4) is 0 Å². The van der Waals surface area contributed by atoms with E-state index in [2.05, 4.69) is 21.2 Å². The molecular formula is C11H16BrNO2S. The van der Waals surface area contributed by atoms with Gasteiger partial charge in [-0.25, -0.2) is 8.42 Å². The van der Waals surface area contributed by atoms with E-state index in [9.17, 15) is 8.42 Å². The summed E-state index contributed by atoms with van der Waals surface area (Å²) in [5.41, 5.74) is 1.14. The van der Waals surface area contributed by atoms with Gasteiger partial charge < -0.3 is 5.32 Å². The van der Waals surface area contributed by atoms with Crippen LogP contribution in [0.25, 0.3) is 0 Å². The molecular weight excluding hydrogens is 290 g/mol. The summed E-state index contributed by atoms with van der Waals surface area (Å²) in [5.74, 6) is 0.168. The average molecular weight is 306 g/mol. The quantitative estimate of drug-likeness (QED) is 0.906. The first-order valence-corrected chi connectivity index (χ1v) is 7.91. The lowest BCUT2D eigenvalue weighted by Gasteiger charge is -2.15. The molecule has 1 aromatic rings. The van der Waals surface area contributed by atoms with Gasteiger partial charge in [-0.2, -0.15) is 0 Å². The van der Waals surface area contributed by atoms with Gasteiger partial charge in [0.15, 0.2) is 0 Å². The van der Waals surface area contributed by atoms with Gasteiger partial charge in [-0.1, -0.05) is 34.1 Å². The Balaban J connectivity index is 2.54. The molecule has 0 amide bonds. The van der Waals surface area contributed by atoms with E-state index in [0.29, 0.717) is 6.54 Å². The number of benzene rings is 1. The number of hydrogen-bond acceptors (Lipinski definition) is 3. The van der Waals surface area contributed by atoms with Crippen molar-refractivity contribution in [1.82, 2.24) is 5.32 Å². The fourth-order valence-corrected chi connectivity index (χ4v) is 2.51. The highest BCUT2D eigenvalue weighted by Gasteiger charge is 2.09. The molecule has 0 unspecified atom stereocenters. The molecule has 0 heterocycles. The maximum atomic E-state index is 11.0. The molecule has 16 heavy (non-hydrogen) atoms. The van der Waals surface area contributed by atoms with Crippen molar-refractivity contribution >= 4 is 25.8 Å². The molecule has 0 aliphatic carbocycles. The van der Waals surface area contributed by atoms with Crippen molar-refractivity contribution in [2.24, 2.45) is 0 Å². The Labute approximate surface area is 105 Å². The summed E-state index contributed by atoms with van der Waals surface area (Å²) in [6, 6.07) is 8.05. The highest BCUT2D eigenvalue weighted by Crippen LogP contribution is 2.22. The number of rotatable bonds is 5. The Morgan fingerprint density at radius 3 is 2.56 bits per heavy atom. The van der Waals surface area contributed by atoms with Gasteiger partial charge in [0.05, 0.1) is 5.75 Å². The monoisotopic (exact) mass is 305 g/mol. The standard InChI is InChI=1S/C11H16BrNO2S/c1-9(13-7-8-16(2,14)15)10-5-3-4-6-11(10)12/h3-6,9,13H,7-8H2,1-2H3/t9-/m0/s1. The Bertz CT molecular complexity index is 445. The number of sulfone groups is 1. The van der Waals surface area contributed by atoms with Crippen molar-refractivity contribution in [3.05, 3.63) is 34.3 Å². The number of nitrogens with one attached hydrogen (secondary N) is 1. The average Bonchev–Trinajstić information content (AvgIpc) is 2.16. The zero-order valence-corrected chi connectivity index (χ0v) is 11.8. The Morgan fingerprint density at radius 1 is 1.38 bits per heavy atom. The van der Waals surface area contributed by atoms with Gasteiger partial charge in [0.25, 0.3) is 0 Å². The third-order valence-corrected chi connectivity index (χ3v) is 3.96. The predicted molar refractivity (Wildman–Crippen MR) is 70.3 cm³/mol. The van der Waals surface area contributed by atoms with E-state index >= 15 is 0 Å². The highest BCUT2D eigenvalue weighted by atomic mass is 79.9. The van der Waals surface area contributed by atoms with E-state index in [1.165, 1.54) is 6.26 Å². The molecule has 3 nitrogen and oxygen atoms in total. The van der Waals surface area contributed by atoms with E-state index < -0.39 is 9.84 Å². The summed E-state index contributed by atoms with van der Waals surface area (Å²) >= 11 is 3.47. The summed E-state index contributed by atoms with van der Waals surface area (Å²) in [5, 5.41) is 3.19. The van der Waals surface area contributed by atoms with Gasteiger partial charge in [0, 0.05) is 23.3 Å². The fourth-order valence-electron chi connectivity index (χ4n) is 1.40. The van der Waals surface area contributed by atoms with Crippen molar-refractivity contribution in [2.75, 3.05) is 18.6 Å². The molecule has 0 aliphatic heterocycles. The summed E-state index contributed by atoms with van der Waals surface area (Å²) in [4.78, 5) is 0. The lowest BCUT2D eigenvalue weighted by molar-refractivity contribution is 0.575. The van der Waals surface area contributed by atoms with E-state index in [1.807, 2.05) is 31.2 Å². The molecule has 5 heteroatoms. The van der Waals surface area contributed by atoms with E-state index in [-0.39, 0.29) is 11.8 Å². The van der Waals surface area contributed by atoms with Crippen LogP contribution in [0.15, 0.2) is 28.7 Å². The highest BCUT2D eigenvalue weighted by molar-refractivity contribution is 9.10. The molecule has 0 saturated carbocycles. The van der Waals surface area contributed by atoms with Crippen molar-refractivity contribution in [1.29, 1.82) is 0 Å². The van der Waals surface area contributed by atoms with Crippen molar-refractivity contribution in [3.8, 4) is 0 Å². The summed E-state index contributed by atoms with van der Waals surface area (Å²) < 4.78 is 23.0. The van der Waals surface area contributed by atoms with Crippen molar-refractivity contribution in [2.45, 2.75) is 13.0 Å². The molecule has 0 aromatic heterocycles. The van der Waals surface area contributed by atoms with Crippen LogP contribution in [0.2, 0.25) is 0 Å². The molecule has 1 N–H and O–H groups in total. The van der Waals surface area contributed by atoms with Crippen LogP contribution >= 0.6 is 15.9 Å². The minimum atomic E-state index is -2.89. The van der Waals surface area contributed by atoms with Crippen LogP contribution in [0.5, 0.6) is 0 Å². The van der Waals surface area contributed by atoms with Gasteiger partial charge >= 0.3 is 0 Å². The van der Waals surface area contributed by atoms with Crippen LogP contribution in [-0.4, -0.2) is 27.0 Å². The molecule has 0 bridgehead atoms. The van der Waals surface area contributed by atoms with Gasteiger partial charge in [-0.05, 0) is 18.6 Å².